The van der Waals surface area contributed by atoms with E-state index in [4.69, 9.17) is 16.6 Å². The molecule has 1 aliphatic heterocycles. The van der Waals surface area contributed by atoms with E-state index in [1.165, 1.54) is 6.92 Å². The van der Waals surface area contributed by atoms with Gasteiger partial charge in [-0.3, -0.25) is 14.6 Å². The molecule has 0 bridgehead atoms. The second-order valence-electron chi connectivity index (χ2n) is 6.91. The van der Waals surface area contributed by atoms with E-state index in [1.807, 2.05) is 47.4 Å². The van der Waals surface area contributed by atoms with Crippen LogP contribution < -0.4 is 5.32 Å². The normalized spacial score (nSPS) is 16.8. The lowest BCUT2D eigenvalue weighted by Crippen LogP contribution is -2.44. The number of likely N-dealkylation sites (tertiary alicyclic amines) is 1. The summed E-state index contributed by atoms with van der Waals surface area (Å²) in [4.78, 5) is 30.0. The molecule has 1 saturated heterocycles. The fourth-order valence-corrected chi connectivity index (χ4v) is 3.62. The first-order valence-electron chi connectivity index (χ1n) is 9.24. The summed E-state index contributed by atoms with van der Waals surface area (Å²) in [6.45, 7) is 2.85. The maximum absolute atomic E-state index is 12.3. The third-order valence-electron chi connectivity index (χ3n) is 4.84. The molecule has 1 atom stereocenters. The molecule has 2 heterocycles. The molecule has 2 aromatic rings. The number of hydrogen-bond acceptors (Lipinski definition) is 3. The van der Waals surface area contributed by atoms with Crippen LogP contribution in [0.4, 0.5) is 0 Å². The molecule has 142 valence electrons. The van der Waals surface area contributed by atoms with E-state index in [1.54, 1.807) is 0 Å². The number of carbonyl (C=O) groups is 2. The minimum Gasteiger partial charge on any atom is -0.347 e. The molecular weight excluding hydrogens is 362 g/mol. The van der Waals surface area contributed by atoms with Crippen molar-refractivity contribution in [2.24, 2.45) is 0 Å². The monoisotopic (exact) mass is 385 g/mol. The Bertz CT molecular complexity index is 825. The lowest BCUT2D eigenvalue weighted by Gasteiger charge is -2.32. The molecule has 1 fully saturated rings. The van der Waals surface area contributed by atoms with Crippen LogP contribution in [0.5, 0.6) is 0 Å². The third kappa shape index (κ3) is 5.30. The average molecular weight is 386 g/mol. The smallest absolute Gasteiger partial charge is 0.241 e. The number of carbonyl (C=O) groups excluding carboxylic acids is 2. The Hall–Kier alpha value is -2.40. The molecule has 3 rings (SSSR count). The van der Waals surface area contributed by atoms with E-state index in [9.17, 15) is 9.59 Å². The standard InChI is InChI=1S/C21H24ClN3O2/c1-15(26)23-13-21(27)25-11-5-7-17(14-25)20-10-4-8-18(24-20)12-16-6-2-3-9-19(16)22/h2-4,6,8-10,17H,5,7,11-14H2,1H3,(H,23,26)/t17-/m1/s1. The van der Waals surface area contributed by atoms with Crippen LogP contribution in [0, 0.1) is 0 Å². The van der Waals surface area contributed by atoms with Gasteiger partial charge in [0.2, 0.25) is 11.8 Å². The first-order valence-corrected chi connectivity index (χ1v) is 9.62. The van der Waals surface area contributed by atoms with Crippen molar-refractivity contribution in [1.82, 2.24) is 15.2 Å². The SMILES string of the molecule is CC(=O)NCC(=O)N1CCC[C@@H](c2cccc(Cc3ccccc3Cl)n2)C1. The highest BCUT2D eigenvalue weighted by Gasteiger charge is 2.25. The summed E-state index contributed by atoms with van der Waals surface area (Å²) in [5.41, 5.74) is 3.04. The first kappa shape index (κ1) is 19.4. The van der Waals surface area contributed by atoms with Crippen molar-refractivity contribution in [3.8, 4) is 0 Å². The third-order valence-corrected chi connectivity index (χ3v) is 5.21. The molecule has 0 unspecified atom stereocenters. The van der Waals surface area contributed by atoms with Gasteiger partial charge < -0.3 is 10.2 Å². The molecule has 1 aromatic carbocycles. The number of nitrogens with one attached hydrogen (secondary N) is 1. The number of nitrogens with zero attached hydrogens (tertiary/aromatic N) is 2. The van der Waals surface area contributed by atoms with E-state index < -0.39 is 0 Å². The van der Waals surface area contributed by atoms with E-state index in [0.29, 0.717) is 13.0 Å². The first-order chi connectivity index (χ1) is 13.0. The molecule has 6 heteroatoms. The molecule has 27 heavy (non-hydrogen) atoms. The largest absolute Gasteiger partial charge is 0.347 e. The van der Waals surface area contributed by atoms with Gasteiger partial charge >= 0.3 is 0 Å². The Balaban J connectivity index is 1.68. The maximum Gasteiger partial charge on any atom is 0.241 e. The number of pyridine rings is 1. The fraction of sp³-hybridized carbons (Fsp3) is 0.381. The molecule has 0 radical (unpaired) electrons. The summed E-state index contributed by atoms with van der Waals surface area (Å²) < 4.78 is 0. The minimum absolute atomic E-state index is 0.0397. The molecule has 2 amide bonds. The van der Waals surface area contributed by atoms with Gasteiger partial charge in [-0.1, -0.05) is 35.9 Å². The molecule has 1 N–H and O–H groups in total. The van der Waals surface area contributed by atoms with Crippen molar-refractivity contribution in [3.05, 3.63) is 64.4 Å². The number of hydrogen-bond donors (Lipinski definition) is 1. The van der Waals surface area contributed by atoms with Crippen molar-refractivity contribution < 1.29 is 9.59 Å². The van der Waals surface area contributed by atoms with Gasteiger partial charge in [-0.05, 0) is 36.6 Å². The zero-order valence-electron chi connectivity index (χ0n) is 15.5. The topological polar surface area (TPSA) is 62.3 Å². The summed E-state index contributed by atoms with van der Waals surface area (Å²) in [6, 6.07) is 13.9. The fourth-order valence-electron chi connectivity index (χ4n) is 3.42. The maximum atomic E-state index is 12.3. The van der Waals surface area contributed by atoms with Crippen LogP contribution in [-0.4, -0.2) is 41.3 Å². The van der Waals surface area contributed by atoms with Gasteiger partial charge in [-0.15, -0.1) is 0 Å². The second-order valence-corrected chi connectivity index (χ2v) is 7.32. The Morgan fingerprint density at radius 3 is 2.81 bits per heavy atom. The highest BCUT2D eigenvalue weighted by atomic mass is 35.5. The van der Waals surface area contributed by atoms with Crippen molar-refractivity contribution in [2.45, 2.75) is 32.1 Å². The van der Waals surface area contributed by atoms with Gasteiger partial charge in [0.1, 0.15) is 0 Å². The van der Waals surface area contributed by atoms with E-state index in [2.05, 4.69) is 5.32 Å². The molecule has 1 aromatic heterocycles. The Morgan fingerprint density at radius 1 is 1.22 bits per heavy atom. The summed E-state index contributed by atoms with van der Waals surface area (Å²) in [5, 5.41) is 3.33. The predicted molar refractivity (Wildman–Crippen MR) is 106 cm³/mol. The van der Waals surface area contributed by atoms with Crippen LogP contribution in [0.15, 0.2) is 42.5 Å². The van der Waals surface area contributed by atoms with Crippen molar-refractivity contribution in [3.63, 3.8) is 0 Å². The number of benzene rings is 1. The Morgan fingerprint density at radius 2 is 2.04 bits per heavy atom. The molecule has 5 nitrogen and oxygen atoms in total. The summed E-state index contributed by atoms with van der Waals surface area (Å²) in [6.07, 6.45) is 2.63. The van der Waals surface area contributed by atoms with Crippen LogP contribution in [0.1, 0.15) is 42.6 Å². The number of amides is 2. The van der Waals surface area contributed by atoms with Gasteiger partial charge in [-0.2, -0.15) is 0 Å². The highest BCUT2D eigenvalue weighted by molar-refractivity contribution is 6.31. The van der Waals surface area contributed by atoms with Crippen molar-refractivity contribution in [1.29, 1.82) is 0 Å². The van der Waals surface area contributed by atoms with Gasteiger partial charge in [0.15, 0.2) is 0 Å². The van der Waals surface area contributed by atoms with Crippen LogP contribution in [0.2, 0.25) is 5.02 Å². The molecule has 0 saturated carbocycles. The Kier molecular flexibility index (Phi) is 6.45. The highest BCUT2D eigenvalue weighted by Crippen LogP contribution is 2.26. The second kappa shape index (κ2) is 9.00. The number of aromatic nitrogens is 1. The van der Waals surface area contributed by atoms with Gasteiger partial charge in [-0.25, -0.2) is 0 Å². The van der Waals surface area contributed by atoms with E-state index in [-0.39, 0.29) is 24.3 Å². The summed E-state index contributed by atoms with van der Waals surface area (Å²) >= 11 is 6.27. The van der Waals surface area contributed by atoms with E-state index in [0.717, 1.165) is 41.4 Å². The number of halogens is 1. The summed E-state index contributed by atoms with van der Waals surface area (Å²) in [7, 11) is 0. The van der Waals surface area contributed by atoms with Crippen molar-refractivity contribution >= 4 is 23.4 Å². The zero-order valence-corrected chi connectivity index (χ0v) is 16.2. The Labute approximate surface area is 164 Å². The average Bonchev–Trinajstić information content (AvgIpc) is 2.68. The molecule has 0 spiro atoms. The van der Waals surface area contributed by atoms with Crippen LogP contribution >= 0.6 is 11.6 Å². The zero-order chi connectivity index (χ0) is 19.2. The van der Waals surface area contributed by atoms with Crippen LogP contribution in [-0.2, 0) is 16.0 Å². The molecular formula is C21H24ClN3O2. The predicted octanol–water partition coefficient (Wildman–Crippen LogP) is 3.17. The van der Waals surface area contributed by atoms with Gasteiger partial charge in [0, 0.05) is 48.8 Å². The van der Waals surface area contributed by atoms with Gasteiger partial charge in [0.25, 0.3) is 0 Å². The van der Waals surface area contributed by atoms with Crippen molar-refractivity contribution in [2.75, 3.05) is 19.6 Å². The van der Waals surface area contributed by atoms with Crippen LogP contribution in [0.25, 0.3) is 0 Å². The summed E-state index contributed by atoms with van der Waals surface area (Å²) in [5.74, 6) is -0.0146. The minimum atomic E-state index is -0.189. The number of rotatable bonds is 5. The lowest BCUT2D eigenvalue weighted by atomic mass is 9.93. The molecule has 0 aliphatic carbocycles. The molecule has 1 aliphatic rings. The van der Waals surface area contributed by atoms with Crippen LogP contribution in [0.3, 0.4) is 0 Å². The quantitative estimate of drug-likeness (QED) is 0.859. The lowest BCUT2D eigenvalue weighted by molar-refractivity contribution is -0.133. The van der Waals surface area contributed by atoms with Gasteiger partial charge in [0.05, 0.1) is 6.54 Å². The number of piperidine rings is 1. The van der Waals surface area contributed by atoms with E-state index >= 15 is 0 Å².